The number of carbonyl (C=O) groups is 1. The summed E-state index contributed by atoms with van der Waals surface area (Å²) in [4.78, 5) is 13.3. The van der Waals surface area contributed by atoms with Gasteiger partial charge < -0.3 is 4.74 Å². The Morgan fingerprint density at radius 3 is 3.07 bits per heavy atom. The molecule has 4 heteroatoms. The van der Waals surface area contributed by atoms with Gasteiger partial charge in [-0.15, -0.1) is 0 Å². The van der Waals surface area contributed by atoms with Crippen molar-refractivity contribution in [2.75, 3.05) is 23.8 Å². The first-order valence-electron chi connectivity index (χ1n) is 4.96. The van der Waals surface area contributed by atoms with Crippen molar-refractivity contribution in [1.82, 2.24) is 0 Å². The van der Waals surface area contributed by atoms with Gasteiger partial charge in [0.15, 0.2) is 0 Å². The van der Waals surface area contributed by atoms with Crippen LogP contribution < -0.4 is 4.90 Å². The molecular formula is C11H13NO2S. The predicted octanol–water partition coefficient (Wildman–Crippen LogP) is 2.12. The molecule has 0 saturated carbocycles. The number of amides is 1. The Morgan fingerprint density at radius 1 is 1.47 bits per heavy atom. The van der Waals surface area contributed by atoms with Gasteiger partial charge in [-0.2, -0.15) is 12.6 Å². The van der Waals surface area contributed by atoms with Crippen molar-refractivity contribution >= 4 is 24.4 Å². The summed E-state index contributed by atoms with van der Waals surface area (Å²) in [6, 6.07) is 7.91. The van der Waals surface area contributed by atoms with Crippen LogP contribution in [0.4, 0.5) is 10.5 Å². The number of fused-ring (bicyclic) bond motifs is 1. The Hall–Kier alpha value is -1.16. The first-order valence-corrected chi connectivity index (χ1v) is 5.59. The summed E-state index contributed by atoms with van der Waals surface area (Å²) < 4.78 is 5.04. The number of carbonyl (C=O) groups excluding carboxylic acids is 1. The van der Waals surface area contributed by atoms with E-state index in [2.05, 4.69) is 12.6 Å². The third-order valence-electron chi connectivity index (χ3n) is 2.42. The van der Waals surface area contributed by atoms with Crippen LogP contribution in [0.25, 0.3) is 0 Å². The molecule has 0 bridgehead atoms. The van der Waals surface area contributed by atoms with Crippen molar-refractivity contribution in [3.8, 4) is 0 Å². The molecule has 1 aliphatic rings. The topological polar surface area (TPSA) is 29.5 Å². The highest BCUT2D eigenvalue weighted by Gasteiger charge is 2.24. The minimum absolute atomic E-state index is 0.269. The second kappa shape index (κ2) is 4.57. The molecule has 0 fully saturated rings. The number of anilines is 1. The average molecular weight is 223 g/mol. The molecule has 3 nitrogen and oxygen atoms in total. The molecule has 2 rings (SSSR count). The molecule has 0 spiro atoms. The number of rotatable bonds is 2. The van der Waals surface area contributed by atoms with Gasteiger partial charge in [-0.25, -0.2) is 4.79 Å². The van der Waals surface area contributed by atoms with Crippen molar-refractivity contribution in [2.45, 2.75) is 6.42 Å². The maximum Gasteiger partial charge on any atom is 0.414 e. The van der Waals surface area contributed by atoms with Crippen LogP contribution in [0.1, 0.15) is 5.56 Å². The lowest BCUT2D eigenvalue weighted by atomic mass is 10.2. The van der Waals surface area contributed by atoms with E-state index in [9.17, 15) is 4.79 Å². The number of hydrogen-bond donors (Lipinski definition) is 1. The van der Waals surface area contributed by atoms with Crippen molar-refractivity contribution in [2.24, 2.45) is 0 Å². The van der Waals surface area contributed by atoms with E-state index < -0.39 is 0 Å². The molecule has 0 aromatic heterocycles. The molecule has 80 valence electrons. The van der Waals surface area contributed by atoms with Gasteiger partial charge in [0.05, 0.1) is 5.69 Å². The van der Waals surface area contributed by atoms with E-state index in [1.54, 1.807) is 4.90 Å². The Labute approximate surface area is 94.4 Å². The fraction of sp³-hybridized carbons (Fsp3) is 0.364. The molecule has 1 aliphatic heterocycles. The van der Waals surface area contributed by atoms with E-state index in [4.69, 9.17) is 4.74 Å². The monoisotopic (exact) mass is 223 g/mol. The number of hydrogen-bond acceptors (Lipinski definition) is 3. The number of benzene rings is 1. The fourth-order valence-electron chi connectivity index (χ4n) is 1.74. The van der Waals surface area contributed by atoms with Crippen molar-refractivity contribution in [1.29, 1.82) is 0 Å². The second-order valence-corrected chi connectivity index (χ2v) is 3.82. The lowest BCUT2D eigenvalue weighted by Gasteiger charge is -2.16. The van der Waals surface area contributed by atoms with Gasteiger partial charge >= 0.3 is 6.09 Å². The van der Waals surface area contributed by atoms with Gasteiger partial charge in [0, 0.05) is 12.3 Å². The van der Waals surface area contributed by atoms with Crippen LogP contribution in [0, 0.1) is 0 Å². The van der Waals surface area contributed by atoms with Crippen LogP contribution >= 0.6 is 12.6 Å². The molecule has 1 heterocycles. The molecule has 0 N–H and O–H groups in total. The third-order valence-corrected chi connectivity index (χ3v) is 2.61. The Bertz CT molecular complexity index is 367. The number of nitrogens with zero attached hydrogens (tertiary/aromatic N) is 1. The predicted molar refractivity (Wildman–Crippen MR) is 62.7 cm³/mol. The van der Waals surface area contributed by atoms with E-state index in [-0.39, 0.29) is 6.09 Å². The summed E-state index contributed by atoms with van der Waals surface area (Å²) in [6.07, 6.45) is 0.639. The summed E-state index contributed by atoms with van der Waals surface area (Å²) in [5.41, 5.74) is 2.18. The molecule has 0 unspecified atom stereocenters. The number of thiol groups is 1. The zero-order valence-corrected chi connectivity index (χ0v) is 9.24. The smallest absolute Gasteiger partial charge is 0.414 e. The van der Waals surface area contributed by atoms with E-state index in [1.165, 1.54) is 5.56 Å². The number of para-hydroxylation sites is 1. The van der Waals surface area contributed by atoms with Crippen LogP contribution in [-0.2, 0) is 11.2 Å². The molecule has 15 heavy (non-hydrogen) atoms. The lowest BCUT2D eigenvalue weighted by molar-refractivity contribution is 0.161. The maximum absolute atomic E-state index is 11.6. The van der Waals surface area contributed by atoms with Crippen LogP contribution in [0.5, 0.6) is 0 Å². The third kappa shape index (κ3) is 2.09. The molecule has 0 atom stereocenters. The quantitative estimate of drug-likeness (QED) is 0.778. The van der Waals surface area contributed by atoms with Crippen molar-refractivity contribution < 1.29 is 9.53 Å². The van der Waals surface area contributed by atoms with Gasteiger partial charge in [0.2, 0.25) is 0 Å². The van der Waals surface area contributed by atoms with Gasteiger partial charge in [0.1, 0.15) is 6.61 Å². The molecular weight excluding hydrogens is 210 g/mol. The Morgan fingerprint density at radius 2 is 2.27 bits per heavy atom. The molecule has 1 amide bonds. The number of ether oxygens (including phenoxy) is 1. The summed E-state index contributed by atoms with van der Waals surface area (Å²) in [6.45, 7) is 1.07. The summed E-state index contributed by atoms with van der Waals surface area (Å²) in [5, 5.41) is 0. The van der Waals surface area contributed by atoms with Gasteiger partial charge in [0.25, 0.3) is 0 Å². The molecule has 1 aromatic rings. The Kier molecular flexibility index (Phi) is 3.16. The van der Waals surface area contributed by atoms with E-state index in [0.29, 0.717) is 18.9 Å². The fourth-order valence-corrected chi connectivity index (χ4v) is 1.83. The maximum atomic E-state index is 11.6. The zero-order valence-electron chi connectivity index (χ0n) is 8.35. The largest absolute Gasteiger partial charge is 0.448 e. The average Bonchev–Trinajstić information content (AvgIpc) is 2.69. The molecule has 0 aliphatic carbocycles. The van der Waals surface area contributed by atoms with E-state index in [1.807, 2.05) is 24.3 Å². The minimum atomic E-state index is -0.269. The molecule has 0 radical (unpaired) electrons. The highest BCUT2D eigenvalue weighted by atomic mass is 32.1. The highest BCUT2D eigenvalue weighted by molar-refractivity contribution is 7.80. The van der Waals surface area contributed by atoms with Crippen LogP contribution in [0.3, 0.4) is 0 Å². The standard InChI is InChI=1S/C11H13NO2S/c13-11(14-7-8-15)12-6-5-9-3-1-2-4-10(9)12/h1-4,15H,5-8H2. The van der Waals surface area contributed by atoms with Crippen molar-refractivity contribution in [3.05, 3.63) is 29.8 Å². The van der Waals surface area contributed by atoms with Crippen LogP contribution in [0.15, 0.2) is 24.3 Å². The first-order chi connectivity index (χ1) is 7.33. The minimum Gasteiger partial charge on any atom is -0.448 e. The van der Waals surface area contributed by atoms with E-state index in [0.717, 1.165) is 12.1 Å². The normalized spacial score (nSPS) is 13.8. The first kappa shape index (κ1) is 10.4. The zero-order chi connectivity index (χ0) is 10.7. The van der Waals surface area contributed by atoms with Crippen LogP contribution in [0.2, 0.25) is 0 Å². The SMILES string of the molecule is O=C(OCCS)N1CCc2ccccc21. The summed E-state index contributed by atoms with van der Waals surface area (Å²) in [7, 11) is 0. The van der Waals surface area contributed by atoms with Crippen molar-refractivity contribution in [3.63, 3.8) is 0 Å². The second-order valence-electron chi connectivity index (χ2n) is 3.37. The van der Waals surface area contributed by atoms with E-state index >= 15 is 0 Å². The molecule has 1 aromatic carbocycles. The van der Waals surface area contributed by atoms with Gasteiger partial charge in [-0.05, 0) is 18.1 Å². The summed E-state index contributed by atoms with van der Waals surface area (Å²) in [5.74, 6) is 0.557. The molecule has 0 saturated heterocycles. The van der Waals surface area contributed by atoms with Gasteiger partial charge in [-0.1, -0.05) is 18.2 Å². The van der Waals surface area contributed by atoms with Gasteiger partial charge in [-0.3, -0.25) is 4.90 Å². The lowest BCUT2D eigenvalue weighted by Crippen LogP contribution is -2.30. The van der Waals surface area contributed by atoms with Crippen LogP contribution in [-0.4, -0.2) is 25.0 Å². The highest BCUT2D eigenvalue weighted by Crippen LogP contribution is 2.27. The summed E-state index contributed by atoms with van der Waals surface area (Å²) >= 11 is 4.00. The Balaban J connectivity index is 2.10.